The van der Waals surface area contributed by atoms with E-state index in [1.807, 2.05) is 6.92 Å². The number of para-hydroxylation sites is 1. The van der Waals surface area contributed by atoms with Crippen LogP contribution in [0.1, 0.15) is 42.2 Å². The van der Waals surface area contributed by atoms with Crippen LogP contribution >= 0.6 is 0 Å². The van der Waals surface area contributed by atoms with E-state index < -0.39 is 17.8 Å². The van der Waals surface area contributed by atoms with Gasteiger partial charge in [0.25, 0.3) is 0 Å². The van der Waals surface area contributed by atoms with Crippen molar-refractivity contribution in [3.63, 3.8) is 0 Å². The van der Waals surface area contributed by atoms with Crippen molar-refractivity contribution in [3.05, 3.63) is 47.8 Å². The van der Waals surface area contributed by atoms with Crippen LogP contribution in [0.5, 0.6) is 5.75 Å². The lowest BCUT2D eigenvalue weighted by Crippen LogP contribution is -2.14. The fourth-order valence-corrected chi connectivity index (χ4v) is 2.90. The minimum Gasteiger partial charge on any atom is -0.496 e. The molecule has 0 bridgehead atoms. The van der Waals surface area contributed by atoms with Gasteiger partial charge in [-0.25, -0.2) is 14.3 Å². The first-order valence-electron chi connectivity index (χ1n) is 9.13. The van der Waals surface area contributed by atoms with E-state index in [0.717, 1.165) is 25.1 Å². The van der Waals surface area contributed by atoms with Gasteiger partial charge in [0.05, 0.1) is 25.6 Å². The standard InChI is InChI=1S/C20H20F3N3O3/c1-3-4-7-10-29-19(27)14-12-24-26-17(20(21,22)23)11-15(25-18(14)26)13-8-5-6-9-16(13)28-2/h5-6,8-9,11-12H,3-4,7,10H2,1-2H3. The lowest BCUT2D eigenvalue weighted by molar-refractivity contribution is -0.142. The number of ether oxygens (including phenoxy) is 2. The quantitative estimate of drug-likeness (QED) is 0.417. The summed E-state index contributed by atoms with van der Waals surface area (Å²) >= 11 is 0. The van der Waals surface area contributed by atoms with Crippen LogP contribution in [-0.4, -0.2) is 34.3 Å². The highest BCUT2D eigenvalue weighted by Crippen LogP contribution is 2.35. The molecule has 0 aliphatic rings. The Morgan fingerprint density at radius 1 is 1.21 bits per heavy atom. The van der Waals surface area contributed by atoms with Gasteiger partial charge in [0.15, 0.2) is 11.3 Å². The summed E-state index contributed by atoms with van der Waals surface area (Å²) in [6.45, 7) is 2.19. The van der Waals surface area contributed by atoms with E-state index in [1.54, 1.807) is 24.3 Å². The van der Waals surface area contributed by atoms with Gasteiger partial charge in [0, 0.05) is 5.56 Å². The molecule has 0 atom stereocenters. The minimum atomic E-state index is -4.70. The molecule has 3 aromatic rings. The van der Waals surface area contributed by atoms with Gasteiger partial charge < -0.3 is 9.47 Å². The number of carbonyl (C=O) groups excluding carboxylic acids is 1. The van der Waals surface area contributed by atoms with E-state index >= 15 is 0 Å². The second-order valence-corrected chi connectivity index (χ2v) is 6.36. The molecule has 9 heteroatoms. The molecule has 6 nitrogen and oxygen atoms in total. The number of hydrogen-bond acceptors (Lipinski definition) is 5. The number of esters is 1. The maximum absolute atomic E-state index is 13.7. The molecule has 0 fully saturated rings. The van der Waals surface area contributed by atoms with Crippen LogP contribution in [0.2, 0.25) is 0 Å². The average molecular weight is 407 g/mol. The number of nitrogens with zero attached hydrogens (tertiary/aromatic N) is 3. The van der Waals surface area contributed by atoms with E-state index in [4.69, 9.17) is 9.47 Å². The van der Waals surface area contributed by atoms with Gasteiger partial charge in [-0.2, -0.15) is 18.3 Å². The van der Waals surface area contributed by atoms with Crippen LogP contribution in [0.15, 0.2) is 36.5 Å². The zero-order valence-electron chi connectivity index (χ0n) is 16.0. The fraction of sp³-hybridized carbons (Fsp3) is 0.350. The molecule has 0 unspecified atom stereocenters. The summed E-state index contributed by atoms with van der Waals surface area (Å²) in [5, 5.41) is 3.73. The number of aromatic nitrogens is 3. The molecular weight excluding hydrogens is 387 g/mol. The molecule has 2 heterocycles. The summed E-state index contributed by atoms with van der Waals surface area (Å²) in [5.74, 6) is -0.394. The molecule has 0 spiro atoms. The van der Waals surface area contributed by atoms with Crippen LogP contribution in [0.3, 0.4) is 0 Å². The Balaban J connectivity index is 2.11. The topological polar surface area (TPSA) is 65.7 Å². The summed E-state index contributed by atoms with van der Waals surface area (Å²) in [6, 6.07) is 7.46. The Morgan fingerprint density at radius 3 is 2.66 bits per heavy atom. The minimum absolute atomic E-state index is 0.0165. The van der Waals surface area contributed by atoms with Crippen molar-refractivity contribution in [2.45, 2.75) is 32.4 Å². The molecule has 0 aliphatic heterocycles. The number of benzene rings is 1. The third-order valence-corrected chi connectivity index (χ3v) is 4.35. The maximum Gasteiger partial charge on any atom is 0.433 e. The first-order valence-corrected chi connectivity index (χ1v) is 9.13. The fourth-order valence-electron chi connectivity index (χ4n) is 2.90. The van der Waals surface area contributed by atoms with E-state index in [9.17, 15) is 18.0 Å². The Bertz CT molecular complexity index is 1020. The van der Waals surface area contributed by atoms with Crippen molar-refractivity contribution in [2.24, 2.45) is 0 Å². The molecule has 0 N–H and O–H groups in total. The Hall–Kier alpha value is -3.10. The van der Waals surface area contributed by atoms with Crippen LogP contribution < -0.4 is 4.74 Å². The lowest BCUT2D eigenvalue weighted by atomic mass is 10.1. The number of alkyl halides is 3. The second kappa shape index (κ2) is 8.50. The van der Waals surface area contributed by atoms with Crippen molar-refractivity contribution in [3.8, 4) is 17.0 Å². The van der Waals surface area contributed by atoms with Crippen molar-refractivity contribution in [2.75, 3.05) is 13.7 Å². The molecule has 0 saturated carbocycles. The predicted octanol–water partition coefficient (Wildman–Crippen LogP) is 4.77. The van der Waals surface area contributed by atoms with Gasteiger partial charge in [0.1, 0.15) is 11.3 Å². The Morgan fingerprint density at radius 2 is 1.97 bits per heavy atom. The van der Waals surface area contributed by atoms with Gasteiger partial charge in [-0.1, -0.05) is 31.9 Å². The lowest BCUT2D eigenvalue weighted by Gasteiger charge is -2.13. The van der Waals surface area contributed by atoms with Crippen LogP contribution in [0.4, 0.5) is 13.2 Å². The molecule has 0 saturated heterocycles. The van der Waals surface area contributed by atoms with E-state index in [2.05, 4.69) is 10.1 Å². The summed E-state index contributed by atoms with van der Waals surface area (Å²) in [7, 11) is 1.42. The highest BCUT2D eigenvalue weighted by Gasteiger charge is 2.36. The van der Waals surface area contributed by atoms with Gasteiger partial charge >= 0.3 is 12.1 Å². The highest BCUT2D eigenvalue weighted by molar-refractivity contribution is 5.96. The normalized spacial score (nSPS) is 11.6. The Labute approximate surface area is 165 Å². The van der Waals surface area contributed by atoms with E-state index in [1.165, 1.54) is 7.11 Å². The number of rotatable bonds is 7. The molecule has 0 radical (unpaired) electrons. The summed E-state index contributed by atoms with van der Waals surface area (Å²) in [5.41, 5.74) is -1.01. The summed E-state index contributed by atoms with van der Waals surface area (Å²) in [4.78, 5) is 16.7. The van der Waals surface area contributed by atoms with Gasteiger partial charge in [0.2, 0.25) is 0 Å². The largest absolute Gasteiger partial charge is 0.496 e. The second-order valence-electron chi connectivity index (χ2n) is 6.36. The smallest absolute Gasteiger partial charge is 0.433 e. The van der Waals surface area contributed by atoms with E-state index in [-0.39, 0.29) is 23.5 Å². The molecule has 1 aromatic carbocycles. The molecule has 154 valence electrons. The number of carbonyl (C=O) groups is 1. The number of methoxy groups -OCH3 is 1. The number of halogens is 3. The van der Waals surface area contributed by atoms with Crippen molar-refractivity contribution in [1.82, 2.24) is 14.6 Å². The molecule has 2 aromatic heterocycles. The van der Waals surface area contributed by atoms with Crippen molar-refractivity contribution >= 4 is 11.6 Å². The van der Waals surface area contributed by atoms with Gasteiger partial charge in [-0.15, -0.1) is 0 Å². The average Bonchev–Trinajstić information content (AvgIpc) is 3.13. The molecule has 0 aliphatic carbocycles. The van der Waals surface area contributed by atoms with E-state index in [0.29, 0.717) is 22.2 Å². The third kappa shape index (κ3) is 4.33. The number of hydrogen-bond donors (Lipinski definition) is 0. The highest BCUT2D eigenvalue weighted by atomic mass is 19.4. The van der Waals surface area contributed by atoms with Crippen molar-refractivity contribution < 1.29 is 27.4 Å². The SMILES string of the molecule is CCCCCOC(=O)c1cnn2c(C(F)(F)F)cc(-c3ccccc3OC)nc12. The first-order chi connectivity index (χ1) is 13.9. The zero-order valence-corrected chi connectivity index (χ0v) is 16.0. The maximum atomic E-state index is 13.7. The van der Waals surface area contributed by atoms with Crippen LogP contribution in [0, 0.1) is 0 Å². The van der Waals surface area contributed by atoms with Gasteiger partial charge in [-0.05, 0) is 24.6 Å². The molecule has 0 amide bonds. The monoisotopic (exact) mass is 407 g/mol. The zero-order chi connectivity index (χ0) is 21.0. The van der Waals surface area contributed by atoms with Crippen LogP contribution in [-0.2, 0) is 10.9 Å². The number of fused-ring (bicyclic) bond motifs is 1. The predicted molar refractivity (Wildman–Crippen MR) is 99.8 cm³/mol. The number of unbranched alkanes of at least 4 members (excludes halogenated alkanes) is 2. The summed E-state index contributed by atoms with van der Waals surface area (Å²) < 4.78 is 52.0. The first kappa shape index (κ1) is 20.6. The summed E-state index contributed by atoms with van der Waals surface area (Å²) in [6.07, 6.45) is -1.14. The molecular formula is C20H20F3N3O3. The van der Waals surface area contributed by atoms with Crippen molar-refractivity contribution in [1.29, 1.82) is 0 Å². The molecule has 29 heavy (non-hydrogen) atoms. The van der Waals surface area contributed by atoms with Gasteiger partial charge in [-0.3, -0.25) is 0 Å². The van der Waals surface area contributed by atoms with Crippen LogP contribution in [0.25, 0.3) is 16.9 Å². The molecule has 3 rings (SSSR count). The third-order valence-electron chi connectivity index (χ3n) is 4.35. The Kier molecular flexibility index (Phi) is 6.05.